The highest BCUT2D eigenvalue weighted by Gasteiger charge is 2.15. The van der Waals surface area contributed by atoms with E-state index >= 15 is 0 Å². The molecule has 1 aliphatic rings. The van der Waals surface area contributed by atoms with Crippen LogP contribution in [0.5, 0.6) is 34.5 Å². The van der Waals surface area contributed by atoms with Crippen molar-refractivity contribution in [2.75, 3.05) is 6.61 Å². The third kappa shape index (κ3) is 4.88. The highest BCUT2D eigenvalue weighted by Crippen LogP contribution is 2.35. The lowest BCUT2D eigenvalue weighted by atomic mass is 10.1. The van der Waals surface area contributed by atoms with E-state index < -0.39 is 5.75 Å². The molecule has 2 aromatic carbocycles. The van der Waals surface area contributed by atoms with Crippen molar-refractivity contribution in [1.82, 2.24) is 0 Å². The van der Waals surface area contributed by atoms with Gasteiger partial charge in [0.15, 0.2) is 17.2 Å². The van der Waals surface area contributed by atoms with E-state index in [0.29, 0.717) is 12.4 Å². The zero-order valence-electron chi connectivity index (χ0n) is 13.2. The fourth-order valence-corrected chi connectivity index (χ4v) is 1.95. The molecule has 0 aromatic heterocycles. The molecule has 6 heteroatoms. The lowest BCUT2D eigenvalue weighted by molar-refractivity contribution is 0.281. The molecule has 1 heterocycles. The first-order chi connectivity index (χ1) is 11.0. The molecular formula is C17H22O6. The fraction of sp³-hybridized carbons (Fsp3) is 0.294. The van der Waals surface area contributed by atoms with Crippen molar-refractivity contribution in [3.05, 3.63) is 35.9 Å². The minimum Gasteiger partial charge on any atom is -0.508 e. The summed E-state index contributed by atoms with van der Waals surface area (Å²) in [6, 6.07) is 6.89. The molecule has 0 fully saturated rings. The van der Waals surface area contributed by atoms with Crippen LogP contribution in [0.25, 0.3) is 0 Å². The summed E-state index contributed by atoms with van der Waals surface area (Å²) in [4.78, 5) is 0. The molecule has 0 amide bonds. The highest BCUT2D eigenvalue weighted by molar-refractivity contribution is 5.50. The maximum atomic E-state index is 9.40. The molecule has 1 aliphatic heterocycles. The summed E-state index contributed by atoms with van der Waals surface area (Å²) in [6.45, 7) is 4.66. The van der Waals surface area contributed by atoms with Gasteiger partial charge in [0, 0.05) is 17.7 Å². The predicted octanol–water partition coefficient (Wildman–Crippen LogP) is 3.25. The Labute approximate surface area is 134 Å². The van der Waals surface area contributed by atoms with Gasteiger partial charge in [0.05, 0.1) is 6.61 Å². The van der Waals surface area contributed by atoms with E-state index in [1.165, 1.54) is 30.3 Å². The van der Waals surface area contributed by atoms with Crippen LogP contribution in [0.2, 0.25) is 0 Å². The second-order valence-electron chi connectivity index (χ2n) is 4.54. The lowest BCUT2D eigenvalue weighted by Crippen LogP contribution is -2.07. The first-order valence-corrected chi connectivity index (χ1v) is 7.36. The summed E-state index contributed by atoms with van der Waals surface area (Å²) < 4.78 is 5.27. The van der Waals surface area contributed by atoms with Crippen molar-refractivity contribution in [2.45, 2.75) is 26.7 Å². The monoisotopic (exact) mass is 322 g/mol. The molecule has 0 atom stereocenters. The van der Waals surface area contributed by atoms with Gasteiger partial charge in [0.25, 0.3) is 0 Å². The van der Waals surface area contributed by atoms with Crippen molar-refractivity contribution in [3.63, 3.8) is 0 Å². The Hall–Kier alpha value is -2.76. The van der Waals surface area contributed by atoms with Crippen LogP contribution in [0.3, 0.4) is 0 Å². The van der Waals surface area contributed by atoms with Crippen LogP contribution in [-0.2, 0) is 6.42 Å². The van der Waals surface area contributed by atoms with Gasteiger partial charge in [-0.15, -0.1) is 0 Å². The van der Waals surface area contributed by atoms with Crippen LogP contribution in [-0.4, -0.2) is 32.1 Å². The standard InChI is InChI=1S/C9H10O3.C6H6O3.C2H6/c10-6-4-8(11)7-2-1-3-12-9(7)5-6;7-4-2-1-3-5(8)6(4)9;1-2/h4-5,10-11H,1-3H2;1-3,7-9H;1-2H3. The van der Waals surface area contributed by atoms with Gasteiger partial charge in [0.2, 0.25) is 0 Å². The summed E-state index contributed by atoms with van der Waals surface area (Å²) in [5, 5.41) is 44.6. The molecule has 0 saturated heterocycles. The Balaban J connectivity index is 0.000000215. The van der Waals surface area contributed by atoms with E-state index in [0.717, 1.165) is 18.4 Å². The molecule has 0 aliphatic carbocycles. The topological polar surface area (TPSA) is 110 Å². The predicted molar refractivity (Wildman–Crippen MR) is 86.4 cm³/mol. The van der Waals surface area contributed by atoms with Crippen LogP contribution >= 0.6 is 0 Å². The summed E-state index contributed by atoms with van der Waals surface area (Å²) in [7, 11) is 0. The van der Waals surface area contributed by atoms with Crippen molar-refractivity contribution < 1.29 is 30.3 Å². The molecule has 23 heavy (non-hydrogen) atoms. The van der Waals surface area contributed by atoms with Gasteiger partial charge in [-0.05, 0) is 25.0 Å². The van der Waals surface area contributed by atoms with E-state index in [1.54, 1.807) is 0 Å². The van der Waals surface area contributed by atoms with Crippen molar-refractivity contribution in [3.8, 4) is 34.5 Å². The second kappa shape index (κ2) is 8.63. The lowest BCUT2D eigenvalue weighted by Gasteiger charge is -2.17. The molecule has 0 radical (unpaired) electrons. The average molecular weight is 322 g/mol. The minimum absolute atomic E-state index is 0.0492. The van der Waals surface area contributed by atoms with E-state index in [1.807, 2.05) is 13.8 Å². The first-order valence-electron chi connectivity index (χ1n) is 7.36. The maximum Gasteiger partial charge on any atom is 0.200 e. The number of phenolic OH excluding ortho intramolecular Hbond substituents is 5. The van der Waals surface area contributed by atoms with Crippen molar-refractivity contribution in [1.29, 1.82) is 0 Å². The Morgan fingerprint density at radius 2 is 1.48 bits per heavy atom. The van der Waals surface area contributed by atoms with Gasteiger partial charge >= 0.3 is 0 Å². The summed E-state index contributed by atoms with van der Waals surface area (Å²) in [5.41, 5.74) is 0.805. The molecule has 6 nitrogen and oxygen atoms in total. The molecule has 126 valence electrons. The third-order valence-electron chi connectivity index (χ3n) is 2.99. The molecule has 0 unspecified atom stereocenters. The molecule has 2 aromatic rings. The number of aromatic hydroxyl groups is 5. The number of phenols is 5. The Bertz CT molecular complexity index is 619. The van der Waals surface area contributed by atoms with Gasteiger partial charge in [-0.25, -0.2) is 0 Å². The molecule has 0 saturated carbocycles. The summed E-state index contributed by atoms with van der Waals surface area (Å²) in [6.07, 6.45) is 1.74. The Morgan fingerprint density at radius 1 is 0.870 bits per heavy atom. The molecule has 5 N–H and O–H groups in total. The van der Waals surface area contributed by atoms with Gasteiger partial charge in [-0.1, -0.05) is 19.9 Å². The molecule has 0 spiro atoms. The van der Waals surface area contributed by atoms with Gasteiger partial charge in [-0.3, -0.25) is 0 Å². The zero-order chi connectivity index (χ0) is 17.4. The Morgan fingerprint density at radius 3 is 2.04 bits per heavy atom. The van der Waals surface area contributed by atoms with Crippen molar-refractivity contribution >= 4 is 0 Å². The number of hydrogen-bond acceptors (Lipinski definition) is 6. The molecule has 0 bridgehead atoms. The fourth-order valence-electron chi connectivity index (χ4n) is 1.95. The van der Waals surface area contributed by atoms with Crippen LogP contribution in [0.15, 0.2) is 30.3 Å². The van der Waals surface area contributed by atoms with Gasteiger partial charge in [0.1, 0.15) is 17.2 Å². The third-order valence-corrected chi connectivity index (χ3v) is 2.99. The first kappa shape index (κ1) is 18.3. The maximum absolute atomic E-state index is 9.40. The smallest absolute Gasteiger partial charge is 0.200 e. The molecular weight excluding hydrogens is 300 g/mol. The van der Waals surface area contributed by atoms with Gasteiger partial charge < -0.3 is 30.3 Å². The van der Waals surface area contributed by atoms with Gasteiger partial charge in [-0.2, -0.15) is 0 Å². The normalized spacial score (nSPS) is 11.7. The number of rotatable bonds is 0. The average Bonchev–Trinajstić information content (AvgIpc) is 2.55. The minimum atomic E-state index is -0.475. The van der Waals surface area contributed by atoms with Crippen LogP contribution in [0.4, 0.5) is 0 Å². The van der Waals surface area contributed by atoms with E-state index in [-0.39, 0.29) is 23.0 Å². The number of hydrogen-bond donors (Lipinski definition) is 5. The summed E-state index contributed by atoms with van der Waals surface area (Å²) >= 11 is 0. The number of fused-ring (bicyclic) bond motifs is 1. The van der Waals surface area contributed by atoms with Crippen LogP contribution in [0.1, 0.15) is 25.8 Å². The van der Waals surface area contributed by atoms with E-state index in [2.05, 4.69) is 0 Å². The van der Waals surface area contributed by atoms with Crippen LogP contribution in [0, 0.1) is 0 Å². The molecule has 3 rings (SSSR count). The number of ether oxygens (including phenoxy) is 1. The number of benzene rings is 2. The highest BCUT2D eigenvalue weighted by atomic mass is 16.5. The Kier molecular flexibility index (Phi) is 6.86. The van der Waals surface area contributed by atoms with Crippen molar-refractivity contribution in [2.24, 2.45) is 0 Å². The largest absolute Gasteiger partial charge is 0.508 e. The van der Waals surface area contributed by atoms with Crippen LogP contribution < -0.4 is 4.74 Å². The quantitative estimate of drug-likeness (QED) is 0.476. The number of para-hydroxylation sites is 1. The summed E-state index contributed by atoms with van der Waals surface area (Å²) in [5.74, 6) is -0.306. The SMILES string of the molecule is CC.Oc1cc(O)c2c(c1)OCCC2.Oc1cccc(O)c1O. The zero-order valence-corrected chi connectivity index (χ0v) is 13.2. The second-order valence-corrected chi connectivity index (χ2v) is 4.54. The van der Waals surface area contributed by atoms with E-state index in [9.17, 15) is 5.11 Å². The van der Waals surface area contributed by atoms with E-state index in [4.69, 9.17) is 25.2 Å².